The number of benzene rings is 3. The van der Waals surface area contributed by atoms with Crippen LogP contribution < -0.4 is 5.32 Å². The number of hydrogen-bond acceptors (Lipinski definition) is 6. The van der Waals surface area contributed by atoms with Gasteiger partial charge in [0.1, 0.15) is 11.5 Å². The molecule has 1 heterocycles. The summed E-state index contributed by atoms with van der Waals surface area (Å²) in [7, 11) is 1.31. The molecule has 0 spiro atoms. The van der Waals surface area contributed by atoms with Gasteiger partial charge >= 0.3 is 6.09 Å². The molecule has 7 nitrogen and oxygen atoms in total. The number of aromatic hydroxyl groups is 2. The van der Waals surface area contributed by atoms with Gasteiger partial charge in [-0.25, -0.2) is 9.78 Å². The zero-order valence-electron chi connectivity index (χ0n) is 20.0. The summed E-state index contributed by atoms with van der Waals surface area (Å²) in [4.78, 5) is 20.8. The van der Waals surface area contributed by atoms with Crippen LogP contribution in [0.2, 0.25) is 0 Å². The molecule has 0 atom stereocenters. The zero-order valence-corrected chi connectivity index (χ0v) is 20.8. The Bertz CT molecular complexity index is 1230. The molecule has 0 bridgehead atoms. The van der Waals surface area contributed by atoms with Gasteiger partial charge in [-0.05, 0) is 54.8 Å². The molecule has 0 fully saturated rings. The average Bonchev–Trinajstić information content (AvgIpc) is 3.25. The number of amides is 1. The summed E-state index contributed by atoms with van der Waals surface area (Å²) in [6, 6.07) is 20.9. The van der Waals surface area contributed by atoms with E-state index >= 15 is 0 Å². The molecular formula is C27H31N3O4S. The summed E-state index contributed by atoms with van der Waals surface area (Å²) in [6.07, 6.45) is 5.13. The quantitative estimate of drug-likeness (QED) is 0.195. The number of carbonyl (C=O) groups is 1. The van der Waals surface area contributed by atoms with Gasteiger partial charge in [0.05, 0.1) is 18.1 Å². The molecule has 4 N–H and O–H groups in total. The van der Waals surface area contributed by atoms with Gasteiger partial charge in [0.2, 0.25) is 5.95 Å². The van der Waals surface area contributed by atoms with E-state index in [0.29, 0.717) is 5.95 Å². The van der Waals surface area contributed by atoms with Crippen LogP contribution in [-0.4, -0.2) is 33.4 Å². The van der Waals surface area contributed by atoms with Gasteiger partial charge < -0.3 is 19.9 Å². The van der Waals surface area contributed by atoms with Gasteiger partial charge in [-0.3, -0.25) is 5.32 Å². The van der Waals surface area contributed by atoms with Crippen LogP contribution in [0.5, 0.6) is 11.5 Å². The minimum Gasteiger partial charge on any atom is -0.508 e. The van der Waals surface area contributed by atoms with Crippen molar-refractivity contribution in [2.45, 2.75) is 48.8 Å². The Labute approximate surface area is 209 Å². The van der Waals surface area contributed by atoms with E-state index in [-0.39, 0.29) is 11.5 Å². The number of imidazole rings is 1. The molecular weight excluding hydrogens is 462 g/mol. The van der Waals surface area contributed by atoms with E-state index in [0.717, 1.165) is 34.3 Å². The second kappa shape index (κ2) is 13.3. The highest BCUT2D eigenvalue weighted by atomic mass is 32.2. The van der Waals surface area contributed by atoms with Gasteiger partial charge in [0.15, 0.2) is 0 Å². The number of hydrogen-bond donors (Lipinski definition) is 4. The number of carbonyl (C=O) groups excluding carboxylic acids is 1. The number of ether oxygens (including phenoxy) is 1. The molecule has 184 valence electrons. The molecule has 3 aromatic carbocycles. The van der Waals surface area contributed by atoms with Crippen LogP contribution in [0.15, 0.2) is 76.5 Å². The number of nitrogens with zero attached hydrogens (tertiary/aromatic N) is 1. The summed E-state index contributed by atoms with van der Waals surface area (Å²) in [5.74, 6) is 0.708. The van der Waals surface area contributed by atoms with Crippen molar-refractivity contribution in [3.05, 3.63) is 72.3 Å². The van der Waals surface area contributed by atoms with Crippen molar-refractivity contribution in [1.82, 2.24) is 9.97 Å². The minimum atomic E-state index is -0.548. The van der Waals surface area contributed by atoms with Crippen LogP contribution in [0, 0.1) is 0 Å². The zero-order chi connectivity index (χ0) is 25.0. The van der Waals surface area contributed by atoms with Crippen LogP contribution in [0.25, 0.3) is 11.0 Å². The lowest BCUT2D eigenvalue weighted by atomic mass is 10.1. The third kappa shape index (κ3) is 8.26. The Hall–Kier alpha value is -3.65. The lowest BCUT2D eigenvalue weighted by molar-refractivity contribution is 0.186. The number of nitrogens with one attached hydrogen (secondary N) is 2. The monoisotopic (exact) mass is 493 g/mol. The fraction of sp³-hybridized carbons (Fsp3) is 0.259. The highest BCUT2D eigenvalue weighted by Crippen LogP contribution is 2.29. The Morgan fingerprint density at radius 3 is 2.51 bits per heavy atom. The summed E-state index contributed by atoms with van der Waals surface area (Å²) in [5, 5.41) is 21.1. The number of methoxy groups -OCH3 is 1. The maximum absolute atomic E-state index is 11.2. The number of H-pyrrole nitrogens is 1. The lowest BCUT2D eigenvalue weighted by Gasteiger charge is -2.04. The van der Waals surface area contributed by atoms with Crippen LogP contribution >= 0.6 is 11.8 Å². The first-order valence-corrected chi connectivity index (χ1v) is 12.4. The number of rotatable bonds is 8. The van der Waals surface area contributed by atoms with E-state index in [2.05, 4.69) is 39.1 Å². The Balaban J connectivity index is 0.000000214. The fourth-order valence-electron chi connectivity index (χ4n) is 3.39. The van der Waals surface area contributed by atoms with Crippen molar-refractivity contribution in [3.63, 3.8) is 0 Å². The number of fused-ring (bicyclic) bond motifs is 1. The summed E-state index contributed by atoms with van der Waals surface area (Å²) >= 11 is 1.67. The fourth-order valence-corrected chi connectivity index (χ4v) is 4.27. The molecule has 1 aromatic heterocycles. The van der Waals surface area contributed by atoms with Crippen LogP contribution in [0.1, 0.15) is 38.2 Å². The molecule has 4 rings (SSSR count). The van der Waals surface area contributed by atoms with Crippen LogP contribution in [0.4, 0.5) is 10.7 Å². The third-order valence-corrected chi connectivity index (χ3v) is 6.20. The van der Waals surface area contributed by atoms with E-state index in [1.165, 1.54) is 37.3 Å². The maximum Gasteiger partial charge on any atom is 0.413 e. The second-order valence-corrected chi connectivity index (χ2v) is 9.07. The van der Waals surface area contributed by atoms with Gasteiger partial charge in [0.25, 0.3) is 0 Å². The van der Waals surface area contributed by atoms with Gasteiger partial charge in [-0.1, -0.05) is 62.2 Å². The molecule has 35 heavy (non-hydrogen) atoms. The largest absolute Gasteiger partial charge is 0.508 e. The molecule has 1 amide bonds. The van der Waals surface area contributed by atoms with Crippen molar-refractivity contribution in [3.8, 4) is 11.5 Å². The number of aromatic nitrogens is 2. The third-order valence-electron chi connectivity index (χ3n) is 5.21. The molecule has 0 saturated heterocycles. The Morgan fingerprint density at radius 1 is 1.00 bits per heavy atom. The molecule has 0 unspecified atom stereocenters. The SMILES string of the molecule is CCCCCCc1ccc(O)cc1O.COC(=O)Nc1nc2ccc(Sc3ccccc3)cc2[nH]1. The van der Waals surface area contributed by atoms with Crippen molar-refractivity contribution in [2.24, 2.45) is 0 Å². The van der Waals surface area contributed by atoms with Crippen molar-refractivity contribution in [1.29, 1.82) is 0 Å². The highest BCUT2D eigenvalue weighted by molar-refractivity contribution is 7.99. The first kappa shape index (κ1) is 26.0. The summed E-state index contributed by atoms with van der Waals surface area (Å²) in [6.45, 7) is 2.18. The lowest BCUT2D eigenvalue weighted by Crippen LogP contribution is -2.11. The number of aryl methyl sites for hydroxylation is 1. The van der Waals surface area contributed by atoms with Gasteiger partial charge in [-0.15, -0.1) is 0 Å². The number of phenols is 2. The van der Waals surface area contributed by atoms with Crippen molar-refractivity contribution >= 4 is 34.8 Å². The topological polar surface area (TPSA) is 107 Å². The Morgan fingerprint density at radius 2 is 1.80 bits per heavy atom. The van der Waals surface area contributed by atoms with Crippen molar-refractivity contribution in [2.75, 3.05) is 12.4 Å². The van der Waals surface area contributed by atoms with Crippen molar-refractivity contribution < 1.29 is 19.7 Å². The molecule has 0 aliphatic rings. The molecule has 0 aliphatic heterocycles. The number of unbranched alkanes of at least 4 members (excludes halogenated alkanes) is 3. The van der Waals surface area contributed by atoms with Gasteiger partial charge in [-0.2, -0.15) is 0 Å². The number of phenolic OH excluding ortho intramolecular Hbond substituents is 2. The second-order valence-electron chi connectivity index (χ2n) is 7.92. The first-order valence-electron chi connectivity index (χ1n) is 11.6. The minimum absolute atomic E-state index is 0.125. The maximum atomic E-state index is 11.2. The number of anilines is 1. The highest BCUT2D eigenvalue weighted by Gasteiger charge is 2.07. The van der Waals surface area contributed by atoms with E-state index in [4.69, 9.17) is 5.11 Å². The van der Waals surface area contributed by atoms with Crippen LogP contribution in [0.3, 0.4) is 0 Å². The smallest absolute Gasteiger partial charge is 0.413 e. The first-order chi connectivity index (χ1) is 17.0. The normalized spacial score (nSPS) is 10.5. The molecule has 0 radical (unpaired) electrons. The molecule has 8 heteroatoms. The Kier molecular flexibility index (Phi) is 9.86. The average molecular weight is 494 g/mol. The van der Waals surface area contributed by atoms with E-state index in [1.54, 1.807) is 23.9 Å². The number of aromatic amines is 1. The molecule has 0 aliphatic carbocycles. The molecule has 0 saturated carbocycles. The van der Waals surface area contributed by atoms with E-state index in [1.807, 2.05) is 36.4 Å². The van der Waals surface area contributed by atoms with Gasteiger partial charge in [0, 0.05) is 15.9 Å². The van der Waals surface area contributed by atoms with E-state index < -0.39 is 6.09 Å². The summed E-state index contributed by atoms with van der Waals surface area (Å²) in [5.41, 5.74) is 2.58. The van der Waals surface area contributed by atoms with E-state index in [9.17, 15) is 9.90 Å². The van der Waals surface area contributed by atoms with Crippen LogP contribution in [-0.2, 0) is 11.2 Å². The summed E-state index contributed by atoms with van der Waals surface area (Å²) < 4.78 is 4.54. The molecule has 4 aromatic rings. The predicted octanol–water partition coefficient (Wildman–Crippen LogP) is 7.11. The predicted molar refractivity (Wildman–Crippen MR) is 140 cm³/mol. The standard InChI is InChI=1S/C15H13N3O2S.C12H18O2/c1-20-15(19)18-14-16-12-8-7-11(9-13(12)17-14)21-10-5-3-2-4-6-10;1-2-3-4-5-6-10-7-8-11(13)9-12(10)14/h2-9H,1H3,(H2,16,17,18,19);7-9,13-14H,2-6H2,1H3.